The molecular formula is C15H15F3O2. The van der Waals surface area contributed by atoms with E-state index in [1.54, 1.807) is 13.0 Å². The van der Waals surface area contributed by atoms with Gasteiger partial charge >= 0.3 is 6.18 Å². The van der Waals surface area contributed by atoms with Crippen LogP contribution in [0, 0.1) is 12.8 Å². The summed E-state index contributed by atoms with van der Waals surface area (Å²) in [5, 5.41) is 0. The highest BCUT2D eigenvalue weighted by Gasteiger charge is 2.31. The summed E-state index contributed by atoms with van der Waals surface area (Å²) in [5.41, 5.74) is 0.383. The van der Waals surface area contributed by atoms with Crippen LogP contribution in [0.1, 0.15) is 36.0 Å². The Balaban J connectivity index is 2.19. The summed E-state index contributed by atoms with van der Waals surface area (Å²) in [4.78, 5) is 22.7. The summed E-state index contributed by atoms with van der Waals surface area (Å²) >= 11 is 0. The van der Waals surface area contributed by atoms with Crippen LogP contribution in [0.5, 0.6) is 0 Å². The quantitative estimate of drug-likeness (QED) is 0.779. The molecule has 0 heterocycles. The van der Waals surface area contributed by atoms with E-state index in [9.17, 15) is 22.8 Å². The molecule has 1 saturated carbocycles. The van der Waals surface area contributed by atoms with Crippen molar-refractivity contribution in [1.29, 1.82) is 0 Å². The number of hydrogen-bond acceptors (Lipinski definition) is 2. The second-order valence-electron chi connectivity index (χ2n) is 5.44. The summed E-state index contributed by atoms with van der Waals surface area (Å²) in [6.45, 7) is 1.61. The normalized spacial score (nSPS) is 17.6. The maximum absolute atomic E-state index is 12.7. The molecule has 0 radical (unpaired) electrons. The number of alkyl halides is 3. The monoisotopic (exact) mass is 284 g/mol. The second-order valence-corrected chi connectivity index (χ2v) is 5.44. The fourth-order valence-corrected chi connectivity index (χ4v) is 2.70. The minimum absolute atomic E-state index is 0.0296. The molecule has 0 atom stereocenters. The number of carbonyl (C=O) groups excluding carboxylic acids is 2. The van der Waals surface area contributed by atoms with Gasteiger partial charge in [0.1, 0.15) is 11.6 Å². The van der Waals surface area contributed by atoms with E-state index in [-0.39, 0.29) is 36.7 Å². The Hall–Kier alpha value is -1.65. The molecule has 0 aromatic heterocycles. The molecule has 2 nitrogen and oxygen atoms in total. The van der Waals surface area contributed by atoms with E-state index < -0.39 is 11.7 Å². The molecule has 0 unspecified atom stereocenters. The number of carbonyl (C=O) groups is 2. The number of benzene rings is 1. The maximum atomic E-state index is 12.7. The summed E-state index contributed by atoms with van der Waals surface area (Å²) in [6, 6.07) is 3.88. The largest absolute Gasteiger partial charge is 0.416 e. The topological polar surface area (TPSA) is 34.1 Å². The highest BCUT2D eigenvalue weighted by atomic mass is 19.4. The van der Waals surface area contributed by atoms with E-state index in [4.69, 9.17) is 0 Å². The van der Waals surface area contributed by atoms with Crippen LogP contribution in [0.4, 0.5) is 13.2 Å². The molecule has 20 heavy (non-hydrogen) atoms. The first-order valence-corrected chi connectivity index (χ1v) is 6.45. The van der Waals surface area contributed by atoms with Crippen LogP contribution in [0.3, 0.4) is 0 Å². The van der Waals surface area contributed by atoms with E-state index >= 15 is 0 Å². The molecule has 0 saturated heterocycles. The molecule has 1 aromatic rings. The number of aryl methyl sites for hydroxylation is 1. The number of hydrogen-bond donors (Lipinski definition) is 0. The van der Waals surface area contributed by atoms with E-state index in [1.807, 2.05) is 0 Å². The van der Waals surface area contributed by atoms with Crippen LogP contribution in [-0.4, -0.2) is 11.6 Å². The molecule has 1 aromatic carbocycles. The third-order valence-electron chi connectivity index (χ3n) is 3.42. The van der Waals surface area contributed by atoms with Crippen LogP contribution >= 0.6 is 0 Å². The summed E-state index contributed by atoms with van der Waals surface area (Å²) < 4.78 is 38.2. The number of rotatable bonds is 2. The molecule has 0 N–H and O–H groups in total. The van der Waals surface area contributed by atoms with Crippen molar-refractivity contribution in [3.05, 3.63) is 34.9 Å². The zero-order chi connectivity index (χ0) is 14.9. The van der Waals surface area contributed by atoms with Crippen molar-refractivity contribution in [3.8, 4) is 0 Å². The second kappa shape index (κ2) is 5.38. The predicted molar refractivity (Wildman–Crippen MR) is 67.2 cm³/mol. The lowest BCUT2D eigenvalue weighted by Crippen LogP contribution is -2.24. The van der Waals surface area contributed by atoms with Gasteiger partial charge in [0, 0.05) is 12.8 Å². The van der Waals surface area contributed by atoms with Crippen LogP contribution in [-0.2, 0) is 22.2 Å². The molecule has 5 heteroatoms. The van der Waals surface area contributed by atoms with Gasteiger partial charge in [0.15, 0.2) is 0 Å². The SMILES string of the molecule is Cc1cc(CC2CC(=O)CC(=O)C2)cc(C(F)(F)F)c1. The Morgan fingerprint density at radius 2 is 1.70 bits per heavy atom. The fraction of sp³-hybridized carbons (Fsp3) is 0.467. The smallest absolute Gasteiger partial charge is 0.299 e. The zero-order valence-electron chi connectivity index (χ0n) is 11.1. The first-order valence-electron chi connectivity index (χ1n) is 6.45. The minimum atomic E-state index is -4.38. The fourth-order valence-electron chi connectivity index (χ4n) is 2.70. The number of Topliss-reactive ketones (excluding diaryl/α,β-unsaturated/α-hetero) is 2. The summed E-state index contributed by atoms with van der Waals surface area (Å²) in [5.74, 6) is -0.406. The van der Waals surface area contributed by atoms with Gasteiger partial charge in [-0.05, 0) is 37.0 Å². The molecule has 1 aliphatic carbocycles. The van der Waals surface area contributed by atoms with Crippen LogP contribution in [0.2, 0.25) is 0 Å². The van der Waals surface area contributed by atoms with Gasteiger partial charge in [0.25, 0.3) is 0 Å². The summed E-state index contributed by atoms with van der Waals surface area (Å²) in [6.07, 6.45) is -3.51. The van der Waals surface area contributed by atoms with Gasteiger partial charge in [-0.25, -0.2) is 0 Å². The third kappa shape index (κ3) is 3.68. The average Bonchev–Trinajstić information content (AvgIpc) is 2.25. The number of ketones is 2. The molecule has 0 aliphatic heterocycles. The molecule has 108 valence electrons. The maximum Gasteiger partial charge on any atom is 0.416 e. The zero-order valence-corrected chi connectivity index (χ0v) is 11.1. The van der Waals surface area contributed by atoms with E-state index in [0.29, 0.717) is 17.5 Å². The Labute approximate surface area is 115 Å². The molecule has 0 bridgehead atoms. The van der Waals surface area contributed by atoms with Crippen LogP contribution in [0.15, 0.2) is 18.2 Å². The molecule has 2 rings (SSSR count). The molecule has 1 fully saturated rings. The molecule has 0 amide bonds. The van der Waals surface area contributed by atoms with Crippen molar-refractivity contribution in [2.75, 3.05) is 0 Å². The average molecular weight is 284 g/mol. The highest BCUT2D eigenvalue weighted by Crippen LogP contribution is 2.32. The Bertz CT molecular complexity index is 531. The molecule has 1 aliphatic rings. The van der Waals surface area contributed by atoms with Gasteiger partial charge in [-0.2, -0.15) is 13.2 Å². The first-order chi connectivity index (χ1) is 9.24. The standard InChI is InChI=1S/C15H15F3O2/c1-9-2-10(5-12(3-9)15(16,17)18)4-11-6-13(19)8-14(20)7-11/h2-3,5,11H,4,6-8H2,1H3. The van der Waals surface area contributed by atoms with Gasteiger partial charge in [-0.15, -0.1) is 0 Å². The Morgan fingerprint density at radius 3 is 2.25 bits per heavy atom. The van der Waals surface area contributed by atoms with E-state index in [2.05, 4.69) is 0 Å². The third-order valence-corrected chi connectivity index (χ3v) is 3.42. The lowest BCUT2D eigenvalue weighted by Gasteiger charge is -2.20. The van der Waals surface area contributed by atoms with Gasteiger partial charge in [-0.1, -0.05) is 11.6 Å². The minimum Gasteiger partial charge on any atom is -0.299 e. The van der Waals surface area contributed by atoms with Crippen LogP contribution in [0.25, 0.3) is 0 Å². The summed E-state index contributed by atoms with van der Waals surface area (Å²) in [7, 11) is 0. The van der Waals surface area contributed by atoms with Crippen LogP contribution < -0.4 is 0 Å². The van der Waals surface area contributed by atoms with Crippen molar-refractivity contribution < 1.29 is 22.8 Å². The Morgan fingerprint density at radius 1 is 1.10 bits per heavy atom. The van der Waals surface area contributed by atoms with E-state index in [1.165, 1.54) is 0 Å². The van der Waals surface area contributed by atoms with Gasteiger partial charge in [0.2, 0.25) is 0 Å². The molecule has 0 spiro atoms. The van der Waals surface area contributed by atoms with Crippen molar-refractivity contribution in [2.24, 2.45) is 5.92 Å². The Kier molecular flexibility index (Phi) is 3.97. The van der Waals surface area contributed by atoms with Crippen molar-refractivity contribution >= 4 is 11.6 Å². The van der Waals surface area contributed by atoms with Gasteiger partial charge in [-0.3, -0.25) is 9.59 Å². The van der Waals surface area contributed by atoms with Crippen molar-refractivity contribution in [3.63, 3.8) is 0 Å². The lowest BCUT2D eigenvalue weighted by atomic mass is 9.83. The van der Waals surface area contributed by atoms with E-state index in [0.717, 1.165) is 12.1 Å². The lowest BCUT2D eigenvalue weighted by molar-refractivity contribution is -0.138. The first kappa shape index (κ1) is 14.8. The number of halogens is 3. The molecular weight excluding hydrogens is 269 g/mol. The van der Waals surface area contributed by atoms with Gasteiger partial charge in [0.05, 0.1) is 12.0 Å². The van der Waals surface area contributed by atoms with Crippen molar-refractivity contribution in [1.82, 2.24) is 0 Å². The predicted octanol–water partition coefficient (Wildman–Crippen LogP) is 3.49. The van der Waals surface area contributed by atoms with Gasteiger partial charge < -0.3 is 0 Å². The van der Waals surface area contributed by atoms with Crippen molar-refractivity contribution in [2.45, 2.75) is 38.8 Å². The highest BCUT2D eigenvalue weighted by molar-refractivity contribution is 6.01.